The highest BCUT2D eigenvalue weighted by Gasteiger charge is 2.46. The Morgan fingerprint density at radius 3 is 2.24 bits per heavy atom. The molecule has 6 nitrogen and oxygen atoms in total. The second-order valence-electron chi connectivity index (χ2n) is 5.81. The van der Waals surface area contributed by atoms with Crippen LogP contribution in [0.3, 0.4) is 0 Å². The average molecular weight is 311 g/mol. The fraction of sp³-hybridized carbons (Fsp3) is 0.833. The third-order valence-electron chi connectivity index (χ3n) is 2.91. The van der Waals surface area contributed by atoms with E-state index in [1.54, 1.807) is 20.8 Å². The number of rotatable bonds is 1. The van der Waals surface area contributed by atoms with E-state index in [0.717, 1.165) is 0 Å². The van der Waals surface area contributed by atoms with Crippen LogP contribution in [0.25, 0.3) is 0 Å². The fourth-order valence-electron chi connectivity index (χ4n) is 1.98. The molecule has 0 spiro atoms. The third kappa shape index (κ3) is 4.76. The van der Waals surface area contributed by atoms with Crippen LogP contribution in [-0.2, 0) is 9.53 Å². The summed E-state index contributed by atoms with van der Waals surface area (Å²) in [6.07, 6.45) is -5.57. The van der Waals surface area contributed by atoms with Crippen molar-refractivity contribution >= 4 is 12.0 Å². The highest BCUT2D eigenvalue weighted by atomic mass is 19.4. The van der Waals surface area contributed by atoms with Crippen LogP contribution in [0.4, 0.5) is 18.0 Å². The summed E-state index contributed by atoms with van der Waals surface area (Å²) in [6.45, 7) is 4.58. The molecule has 21 heavy (non-hydrogen) atoms. The van der Waals surface area contributed by atoms with Crippen LogP contribution < -0.4 is 5.73 Å². The SMILES string of the molecule is CC(C)(C)OC(=O)N1CCN(C(=O)C(F)(F)F)C(CN)C1. The number of carbonyl (C=O) groups is 2. The lowest BCUT2D eigenvalue weighted by Gasteiger charge is -2.41. The maximum Gasteiger partial charge on any atom is 0.471 e. The number of nitrogens with zero attached hydrogens (tertiary/aromatic N) is 2. The molecule has 1 rings (SSSR count). The van der Waals surface area contributed by atoms with Crippen LogP contribution in [-0.4, -0.2) is 65.8 Å². The highest BCUT2D eigenvalue weighted by Crippen LogP contribution is 2.22. The van der Waals surface area contributed by atoms with Gasteiger partial charge in [-0.25, -0.2) is 4.79 Å². The first-order valence-corrected chi connectivity index (χ1v) is 6.51. The molecule has 122 valence electrons. The lowest BCUT2D eigenvalue weighted by atomic mass is 10.1. The van der Waals surface area contributed by atoms with Crippen molar-refractivity contribution in [3.05, 3.63) is 0 Å². The second kappa shape index (κ2) is 6.08. The standard InChI is InChI=1S/C12H20F3N3O3/c1-11(2,3)21-10(20)17-4-5-18(8(6-16)7-17)9(19)12(13,14)15/h8H,4-7,16H2,1-3H3. The summed E-state index contributed by atoms with van der Waals surface area (Å²) in [6, 6.07) is -0.875. The molecule has 0 bridgehead atoms. The summed E-state index contributed by atoms with van der Waals surface area (Å²) in [7, 11) is 0. The number of ether oxygens (including phenoxy) is 1. The van der Waals surface area contributed by atoms with E-state index in [1.807, 2.05) is 0 Å². The number of hydrogen-bond donors (Lipinski definition) is 1. The molecule has 2 N–H and O–H groups in total. The van der Waals surface area contributed by atoms with Gasteiger partial charge in [-0.05, 0) is 20.8 Å². The Labute approximate surface area is 121 Å². The minimum absolute atomic E-state index is 0.0206. The Morgan fingerprint density at radius 2 is 1.81 bits per heavy atom. The summed E-state index contributed by atoms with van der Waals surface area (Å²) in [4.78, 5) is 25.1. The van der Waals surface area contributed by atoms with E-state index in [0.29, 0.717) is 4.90 Å². The molecule has 0 saturated carbocycles. The van der Waals surface area contributed by atoms with Gasteiger partial charge in [-0.1, -0.05) is 0 Å². The zero-order valence-electron chi connectivity index (χ0n) is 12.2. The molecule has 1 unspecified atom stereocenters. The summed E-state index contributed by atoms with van der Waals surface area (Å²) < 4.78 is 42.6. The number of alkyl halides is 3. The monoisotopic (exact) mass is 311 g/mol. The Hall–Kier alpha value is -1.51. The van der Waals surface area contributed by atoms with Gasteiger partial charge in [0.25, 0.3) is 0 Å². The van der Waals surface area contributed by atoms with Gasteiger partial charge in [-0.2, -0.15) is 13.2 Å². The van der Waals surface area contributed by atoms with Gasteiger partial charge in [0.15, 0.2) is 0 Å². The molecule has 1 fully saturated rings. The van der Waals surface area contributed by atoms with Crippen molar-refractivity contribution in [2.75, 3.05) is 26.2 Å². The predicted molar refractivity (Wildman–Crippen MR) is 68.4 cm³/mol. The van der Waals surface area contributed by atoms with Gasteiger partial charge < -0.3 is 20.3 Å². The van der Waals surface area contributed by atoms with E-state index in [9.17, 15) is 22.8 Å². The average Bonchev–Trinajstić information content (AvgIpc) is 2.33. The van der Waals surface area contributed by atoms with Gasteiger partial charge in [0.2, 0.25) is 0 Å². The molecule has 0 aliphatic carbocycles. The minimum Gasteiger partial charge on any atom is -0.444 e. The lowest BCUT2D eigenvalue weighted by Crippen LogP contribution is -2.61. The summed E-state index contributed by atoms with van der Waals surface area (Å²) in [5.74, 6) is -1.93. The van der Waals surface area contributed by atoms with E-state index >= 15 is 0 Å². The number of carbonyl (C=O) groups excluding carboxylic acids is 2. The van der Waals surface area contributed by atoms with E-state index in [-0.39, 0.29) is 26.2 Å². The number of hydrogen-bond acceptors (Lipinski definition) is 4. The number of amides is 2. The van der Waals surface area contributed by atoms with Gasteiger partial charge >= 0.3 is 18.2 Å². The molecular weight excluding hydrogens is 291 g/mol. The molecule has 0 aromatic rings. The van der Waals surface area contributed by atoms with Crippen molar-refractivity contribution in [2.24, 2.45) is 5.73 Å². The van der Waals surface area contributed by atoms with Gasteiger partial charge in [0.1, 0.15) is 5.60 Å². The lowest BCUT2D eigenvalue weighted by molar-refractivity contribution is -0.189. The second-order valence-corrected chi connectivity index (χ2v) is 5.81. The van der Waals surface area contributed by atoms with Crippen molar-refractivity contribution < 1.29 is 27.5 Å². The molecule has 9 heteroatoms. The number of nitrogens with two attached hydrogens (primary N) is 1. The van der Waals surface area contributed by atoms with Gasteiger partial charge in [-0.15, -0.1) is 0 Å². The van der Waals surface area contributed by atoms with Gasteiger partial charge in [0.05, 0.1) is 6.04 Å². The van der Waals surface area contributed by atoms with Crippen LogP contribution in [0.15, 0.2) is 0 Å². The van der Waals surface area contributed by atoms with Crippen LogP contribution >= 0.6 is 0 Å². The first-order valence-electron chi connectivity index (χ1n) is 6.51. The highest BCUT2D eigenvalue weighted by molar-refractivity contribution is 5.82. The third-order valence-corrected chi connectivity index (χ3v) is 2.91. The first-order chi connectivity index (χ1) is 9.45. The summed E-state index contributed by atoms with van der Waals surface area (Å²) >= 11 is 0. The molecular formula is C12H20F3N3O3. The topological polar surface area (TPSA) is 75.9 Å². The number of halogens is 3. The molecule has 1 atom stereocenters. The number of piperazine rings is 1. The van der Waals surface area contributed by atoms with Crippen molar-refractivity contribution in [3.63, 3.8) is 0 Å². The Bertz CT molecular complexity index is 407. The summed E-state index contributed by atoms with van der Waals surface area (Å²) in [5.41, 5.74) is 4.72. The van der Waals surface area contributed by atoms with E-state index in [4.69, 9.17) is 10.5 Å². The smallest absolute Gasteiger partial charge is 0.444 e. The van der Waals surface area contributed by atoms with Crippen molar-refractivity contribution in [1.29, 1.82) is 0 Å². The molecule has 2 amide bonds. The van der Waals surface area contributed by atoms with Crippen LogP contribution in [0.1, 0.15) is 20.8 Å². The minimum atomic E-state index is -4.94. The zero-order valence-corrected chi connectivity index (χ0v) is 12.2. The normalized spacial score (nSPS) is 20.4. The molecule has 0 aromatic heterocycles. The predicted octanol–water partition coefficient (Wildman–Crippen LogP) is 0.955. The molecule has 1 heterocycles. The van der Waals surface area contributed by atoms with Crippen LogP contribution in [0, 0.1) is 0 Å². The van der Waals surface area contributed by atoms with Crippen LogP contribution in [0.5, 0.6) is 0 Å². The van der Waals surface area contributed by atoms with Crippen molar-refractivity contribution in [1.82, 2.24) is 9.80 Å². The Morgan fingerprint density at radius 1 is 1.24 bits per heavy atom. The van der Waals surface area contributed by atoms with E-state index in [1.165, 1.54) is 4.90 Å². The van der Waals surface area contributed by atoms with Gasteiger partial charge in [0, 0.05) is 26.2 Å². The zero-order chi connectivity index (χ0) is 16.4. The quantitative estimate of drug-likeness (QED) is 0.782. The molecule has 1 aliphatic rings. The largest absolute Gasteiger partial charge is 0.471 e. The van der Waals surface area contributed by atoms with Gasteiger partial charge in [-0.3, -0.25) is 4.79 Å². The van der Waals surface area contributed by atoms with E-state index < -0.39 is 29.8 Å². The maximum atomic E-state index is 12.5. The molecule has 1 saturated heterocycles. The van der Waals surface area contributed by atoms with Crippen molar-refractivity contribution in [3.8, 4) is 0 Å². The first kappa shape index (κ1) is 17.5. The fourth-order valence-corrected chi connectivity index (χ4v) is 1.98. The molecule has 0 radical (unpaired) electrons. The maximum absolute atomic E-state index is 12.5. The van der Waals surface area contributed by atoms with E-state index in [2.05, 4.69) is 0 Å². The Balaban J connectivity index is 2.74. The Kier molecular flexibility index (Phi) is 5.08. The molecule has 1 aliphatic heterocycles. The summed E-state index contributed by atoms with van der Waals surface area (Å²) in [5, 5.41) is 0. The molecule has 0 aromatic carbocycles. The van der Waals surface area contributed by atoms with Crippen molar-refractivity contribution in [2.45, 2.75) is 38.6 Å². The van der Waals surface area contributed by atoms with Crippen LogP contribution in [0.2, 0.25) is 0 Å².